The molecule has 3 rings (SSSR count). The predicted octanol–water partition coefficient (Wildman–Crippen LogP) is 2.57. The zero-order chi connectivity index (χ0) is 13.3. The van der Waals surface area contributed by atoms with Crippen LogP contribution in [0.2, 0.25) is 0 Å². The van der Waals surface area contributed by atoms with Crippen molar-refractivity contribution in [3.8, 4) is 6.07 Å². The van der Waals surface area contributed by atoms with Crippen LogP contribution in [-0.4, -0.2) is 21.1 Å². The molecule has 0 aromatic carbocycles. The molecular formula is C15H22N4. The van der Waals surface area contributed by atoms with Gasteiger partial charge in [0.15, 0.2) is 0 Å². The summed E-state index contributed by atoms with van der Waals surface area (Å²) in [6, 6.07) is 3.59. The van der Waals surface area contributed by atoms with E-state index in [1.165, 1.54) is 19.3 Å². The second kappa shape index (κ2) is 4.97. The fourth-order valence-electron chi connectivity index (χ4n) is 3.32. The number of aromatic nitrogens is 2. The number of imidazole rings is 1. The monoisotopic (exact) mass is 258 g/mol. The summed E-state index contributed by atoms with van der Waals surface area (Å²) >= 11 is 0. The summed E-state index contributed by atoms with van der Waals surface area (Å²) in [5, 5.41) is 13.2. The van der Waals surface area contributed by atoms with Gasteiger partial charge < -0.3 is 4.57 Å². The lowest BCUT2D eigenvalue weighted by Gasteiger charge is -2.37. The van der Waals surface area contributed by atoms with Crippen LogP contribution >= 0.6 is 0 Å². The maximum Gasteiger partial charge on any atom is 0.108 e. The van der Waals surface area contributed by atoms with Crippen LogP contribution in [0.3, 0.4) is 0 Å². The number of hydrogen-bond acceptors (Lipinski definition) is 3. The molecule has 19 heavy (non-hydrogen) atoms. The van der Waals surface area contributed by atoms with Crippen molar-refractivity contribution in [3.63, 3.8) is 0 Å². The number of nitrogens with zero attached hydrogens (tertiary/aromatic N) is 3. The van der Waals surface area contributed by atoms with Crippen LogP contribution in [0, 0.1) is 11.3 Å². The molecule has 1 heterocycles. The molecule has 1 N–H and O–H groups in total. The van der Waals surface area contributed by atoms with Crippen molar-refractivity contribution in [2.24, 2.45) is 0 Å². The van der Waals surface area contributed by atoms with E-state index in [-0.39, 0.29) is 5.54 Å². The minimum absolute atomic E-state index is 0.306. The molecule has 2 unspecified atom stereocenters. The van der Waals surface area contributed by atoms with Gasteiger partial charge in [-0.1, -0.05) is 6.92 Å². The van der Waals surface area contributed by atoms with E-state index in [1.807, 2.05) is 6.20 Å². The fraction of sp³-hybridized carbons (Fsp3) is 0.733. The average molecular weight is 258 g/mol. The normalized spacial score (nSPS) is 31.1. The van der Waals surface area contributed by atoms with Crippen LogP contribution in [0.4, 0.5) is 0 Å². The van der Waals surface area contributed by atoms with Gasteiger partial charge in [-0.3, -0.25) is 5.32 Å². The molecule has 2 aliphatic rings. The lowest BCUT2D eigenvalue weighted by Crippen LogP contribution is -2.49. The standard InChI is InChI=1S/C15H22N4/c1-2-14-17-8-9-19(14)13-4-3-7-15(10-13,11-16)18-12-5-6-12/h8-9,12-13,18H,2-7,10H2,1H3. The van der Waals surface area contributed by atoms with Crippen molar-refractivity contribution in [2.45, 2.75) is 69.5 Å². The molecule has 1 aromatic rings. The highest BCUT2D eigenvalue weighted by molar-refractivity contribution is 5.14. The van der Waals surface area contributed by atoms with Gasteiger partial charge in [0, 0.05) is 30.9 Å². The molecule has 2 aliphatic carbocycles. The van der Waals surface area contributed by atoms with Gasteiger partial charge in [0.05, 0.1) is 6.07 Å². The fourth-order valence-corrected chi connectivity index (χ4v) is 3.32. The summed E-state index contributed by atoms with van der Waals surface area (Å²) in [6.45, 7) is 2.14. The Balaban J connectivity index is 1.78. The summed E-state index contributed by atoms with van der Waals surface area (Å²) in [6.07, 6.45) is 11.6. The van der Waals surface area contributed by atoms with Gasteiger partial charge >= 0.3 is 0 Å². The number of aryl methyl sites for hydroxylation is 1. The molecule has 0 saturated heterocycles. The van der Waals surface area contributed by atoms with E-state index in [2.05, 4.69) is 34.1 Å². The van der Waals surface area contributed by atoms with E-state index >= 15 is 0 Å². The van der Waals surface area contributed by atoms with E-state index in [4.69, 9.17) is 0 Å². The Morgan fingerprint density at radius 2 is 2.37 bits per heavy atom. The maximum atomic E-state index is 9.62. The van der Waals surface area contributed by atoms with Gasteiger partial charge in [0.2, 0.25) is 0 Å². The van der Waals surface area contributed by atoms with Gasteiger partial charge in [-0.2, -0.15) is 5.26 Å². The summed E-state index contributed by atoms with van der Waals surface area (Å²) in [7, 11) is 0. The molecule has 0 bridgehead atoms. The van der Waals surface area contributed by atoms with Crippen LogP contribution in [0.15, 0.2) is 12.4 Å². The van der Waals surface area contributed by atoms with Gasteiger partial charge in [0.25, 0.3) is 0 Å². The number of hydrogen-bond donors (Lipinski definition) is 1. The molecule has 4 nitrogen and oxygen atoms in total. The minimum atomic E-state index is -0.306. The van der Waals surface area contributed by atoms with Gasteiger partial charge in [-0.25, -0.2) is 4.98 Å². The Hall–Kier alpha value is -1.34. The molecule has 0 spiro atoms. The Morgan fingerprint density at radius 1 is 1.53 bits per heavy atom. The molecule has 0 amide bonds. The Labute approximate surface area is 114 Å². The number of rotatable bonds is 4. The van der Waals surface area contributed by atoms with Crippen molar-refractivity contribution in [1.29, 1.82) is 5.26 Å². The Morgan fingerprint density at radius 3 is 3.05 bits per heavy atom. The summed E-state index contributed by atoms with van der Waals surface area (Å²) in [5.74, 6) is 1.14. The van der Waals surface area contributed by atoms with Crippen LogP contribution < -0.4 is 5.32 Å². The summed E-state index contributed by atoms with van der Waals surface area (Å²) in [5.41, 5.74) is -0.306. The van der Waals surface area contributed by atoms with Crippen molar-refractivity contribution < 1.29 is 0 Å². The van der Waals surface area contributed by atoms with Crippen LogP contribution in [0.5, 0.6) is 0 Å². The van der Waals surface area contributed by atoms with Crippen LogP contribution in [0.25, 0.3) is 0 Å². The second-order valence-corrected chi connectivity index (χ2v) is 5.97. The van der Waals surface area contributed by atoms with Crippen molar-refractivity contribution >= 4 is 0 Å². The number of nitriles is 1. The molecular weight excluding hydrogens is 236 g/mol. The van der Waals surface area contributed by atoms with E-state index in [9.17, 15) is 5.26 Å². The highest BCUT2D eigenvalue weighted by Gasteiger charge is 2.41. The molecule has 102 valence electrons. The molecule has 2 saturated carbocycles. The van der Waals surface area contributed by atoms with Crippen molar-refractivity contribution in [1.82, 2.24) is 14.9 Å². The third-order valence-corrected chi connectivity index (χ3v) is 4.46. The van der Waals surface area contributed by atoms with Gasteiger partial charge in [-0.15, -0.1) is 0 Å². The largest absolute Gasteiger partial charge is 0.332 e. The lowest BCUT2D eigenvalue weighted by atomic mass is 9.79. The smallest absolute Gasteiger partial charge is 0.108 e. The first-order valence-electron chi connectivity index (χ1n) is 7.47. The quantitative estimate of drug-likeness (QED) is 0.903. The topological polar surface area (TPSA) is 53.6 Å². The third-order valence-electron chi connectivity index (χ3n) is 4.46. The van der Waals surface area contributed by atoms with E-state index in [1.54, 1.807) is 0 Å². The van der Waals surface area contributed by atoms with Crippen molar-refractivity contribution in [2.75, 3.05) is 0 Å². The van der Waals surface area contributed by atoms with Crippen molar-refractivity contribution in [3.05, 3.63) is 18.2 Å². The highest BCUT2D eigenvalue weighted by Crippen LogP contribution is 2.38. The average Bonchev–Trinajstić information content (AvgIpc) is 3.11. The molecule has 4 heteroatoms. The van der Waals surface area contributed by atoms with E-state index in [0.717, 1.165) is 31.5 Å². The van der Waals surface area contributed by atoms with E-state index < -0.39 is 0 Å². The first-order chi connectivity index (χ1) is 9.26. The summed E-state index contributed by atoms with van der Waals surface area (Å²) < 4.78 is 2.29. The molecule has 2 atom stereocenters. The zero-order valence-electron chi connectivity index (χ0n) is 11.6. The van der Waals surface area contributed by atoms with Gasteiger partial charge in [0.1, 0.15) is 11.4 Å². The first kappa shape index (κ1) is 12.7. The number of nitrogens with one attached hydrogen (secondary N) is 1. The SMILES string of the molecule is CCc1nccn1C1CCCC(C#N)(NC2CC2)C1. The molecule has 0 aliphatic heterocycles. The lowest BCUT2D eigenvalue weighted by molar-refractivity contribution is 0.226. The Kier molecular flexibility index (Phi) is 3.32. The third kappa shape index (κ3) is 2.52. The van der Waals surface area contributed by atoms with Gasteiger partial charge in [-0.05, 0) is 38.5 Å². The highest BCUT2D eigenvalue weighted by atomic mass is 15.1. The predicted molar refractivity (Wildman–Crippen MR) is 73.6 cm³/mol. The van der Waals surface area contributed by atoms with Crippen LogP contribution in [-0.2, 0) is 6.42 Å². The molecule has 0 radical (unpaired) electrons. The van der Waals surface area contributed by atoms with E-state index in [0.29, 0.717) is 12.1 Å². The molecule has 1 aromatic heterocycles. The Bertz CT molecular complexity index is 483. The molecule has 2 fully saturated rings. The second-order valence-electron chi connectivity index (χ2n) is 5.97. The maximum absolute atomic E-state index is 9.62. The summed E-state index contributed by atoms with van der Waals surface area (Å²) in [4.78, 5) is 4.42. The van der Waals surface area contributed by atoms with Crippen LogP contribution in [0.1, 0.15) is 57.3 Å². The minimum Gasteiger partial charge on any atom is -0.332 e. The zero-order valence-corrected chi connectivity index (χ0v) is 11.6. The first-order valence-corrected chi connectivity index (χ1v) is 7.47.